The van der Waals surface area contributed by atoms with Crippen molar-refractivity contribution < 1.29 is 72.3 Å². The van der Waals surface area contributed by atoms with E-state index >= 15 is 0 Å². The fraction of sp³-hybridized carbons (Fsp3) is 0.415. The van der Waals surface area contributed by atoms with E-state index in [1.165, 1.54) is 43.3 Å². The summed E-state index contributed by atoms with van der Waals surface area (Å²) in [5.41, 5.74) is 1.89. The predicted molar refractivity (Wildman–Crippen MR) is 197 cm³/mol. The van der Waals surface area contributed by atoms with E-state index in [-0.39, 0.29) is 16.7 Å². The highest BCUT2D eigenvalue weighted by molar-refractivity contribution is 5.90. The van der Waals surface area contributed by atoms with E-state index in [1.54, 1.807) is 36.4 Å². The summed E-state index contributed by atoms with van der Waals surface area (Å²) in [6.45, 7) is 5.56. The highest BCUT2D eigenvalue weighted by atomic mass is 17.2. The molecule has 0 spiro atoms. The highest BCUT2D eigenvalue weighted by Crippen LogP contribution is 2.21. The molecule has 0 aromatic heterocycles. The van der Waals surface area contributed by atoms with Gasteiger partial charge < -0.3 is 14.2 Å². The third-order valence-electron chi connectivity index (χ3n) is 8.20. The number of carbonyl (C=O) groups is 6. The minimum Gasteiger partial charge on any atom is -0.431 e. The van der Waals surface area contributed by atoms with E-state index in [0.29, 0.717) is 0 Å². The van der Waals surface area contributed by atoms with Crippen LogP contribution in [-0.4, -0.2) is 56.2 Å². The van der Waals surface area contributed by atoms with Crippen LogP contribution in [-0.2, 0) is 62.8 Å². The minimum absolute atomic E-state index is 0.121. The third kappa shape index (κ3) is 16.1. The lowest BCUT2D eigenvalue weighted by atomic mass is 9.94. The number of ether oxygens (including phenoxy) is 3. The normalized spacial score (nSPS) is 10.7. The lowest BCUT2D eigenvalue weighted by Gasteiger charge is -2.26. The van der Waals surface area contributed by atoms with E-state index in [4.69, 9.17) is 14.2 Å². The van der Waals surface area contributed by atoms with E-state index in [0.717, 1.165) is 74.5 Å². The van der Waals surface area contributed by atoms with Crippen LogP contribution in [0, 0.1) is 5.41 Å². The summed E-state index contributed by atoms with van der Waals surface area (Å²) in [4.78, 5) is 101. The molecule has 0 N–H and O–H groups in total. The maximum Gasteiger partial charge on any atom is 0.549 e. The Morgan fingerprint density at radius 3 is 0.893 bits per heavy atom. The second kappa shape index (κ2) is 23.6. The number of hydrogen-bond acceptors (Lipinski definition) is 15. The van der Waals surface area contributed by atoms with Crippen LogP contribution in [0.15, 0.2) is 72.8 Å². The van der Waals surface area contributed by atoms with Gasteiger partial charge in [0.05, 0.1) is 22.1 Å². The molecule has 0 heterocycles. The Morgan fingerprint density at radius 1 is 0.411 bits per heavy atom. The fourth-order valence-corrected chi connectivity index (χ4v) is 4.82. The van der Waals surface area contributed by atoms with Gasteiger partial charge in [-0.15, -0.1) is 0 Å². The Kier molecular flexibility index (Phi) is 18.7. The molecule has 3 aromatic carbocycles. The quantitative estimate of drug-likeness (QED) is 0.0515. The topological polar surface area (TPSA) is 185 Å². The van der Waals surface area contributed by atoms with Crippen molar-refractivity contribution in [3.63, 3.8) is 0 Å². The second-order valence-corrected chi connectivity index (χ2v) is 13.2. The van der Waals surface area contributed by atoms with Crippen molar-refractivity contribution >= 4 is 36.4 Å². The molecule has 56 heavy (non-hydrogen) atoms. The molecule has 0 aliphatic carbocycles. The zero-order chi connectivity index (χ0) is 40.8. The lowest BCUT2D eigenvalue weighted by molar-refractivity contribution is -0.216. The summed E-state index contributed by atoms with van der Waals surface area (Å²) in [5.74, 6) is -2.89. The molecule has 0 radical (unpaired) electrons. The zero-order valence-corrected chi connectivity index (χ0v) is 32.0. The summed E-state index contributed by atoms with van der Waals surface area (Å²) >= 11 is 0. The van der Waals surface area contributed by atoms with Gasteiger partial charge in [0.15, 0.2) is 0 Å². The highest BCUT2D eigenvalue weighted by Gasteiger charge is 2.33. The van der Waals surface area contributed by atoms with E-state index in [1.807, 2.05) is 0 Å². The first-order valence-electron chi connectivity index (χ1n) is 18.4. The average Bonchev–Trinajstić information content (AvgIpc) is 3.22. The molecule has 0 atom stereocenters. The third-order valence-corrected chi connectivity index (χ3v) is 8.20. The Bertz CT molecular complexity index is 1520. The van der Waals surface area contributed by atoms with Crippen molar-refractivity contribution in [3.05, 3.63) is 106 Å². The number of rotatable bonds is 18. The van der Waals surface area contributed by atoms with Crippen LogP contribution < -0.4 is 0 Å². The summed E-state index contributed by atoms with van der Waals surface area (Å²) in [6, 6.07) is 19.7. The van der Waals surface area contributed by atoms with Gasteiger partial charge in [-0.1, -0.05) is 76.4 Å². The fourth-order valence-electron chi connectivity index (χ4n) is 4.82. The molecule has 0 fully saturated rings. The molecule has 302 valence electrons. The maximum absolute atomic E-state index is 12.4. The lowest BCUT2D eigenvalue weighted by Crippen LogP contribution is -2.37. The predicted octanol–water partition coefficient (Wildman–Crippen LogP) is 8.80. The van der Waals surface area contributed by atoms with Crippen molar-refractivity contribution in [2.45, 2.75) is 85.5 Å². The van der Waals surface area contributed by atoms with E-state index in [9.17, 15) is 28.8 Å². The summed E-state index contributed by atoms with van der Waals surface area (Å²) < 4.78 is 15.1. The summed E-state index contributed by atoms with van der Waals surface area (Å²) in [5, 5.41) is 0. The van der Waals surface area contributed by atoms with Crippen molar-refractivity contribution in [1.29, 1.82) is 0 Å². The smallest absolute Gasteiger partial charge is 0.431 e. The summed E-state index contributed by atoms with van der Waals surface area (Å²) in [7, 11) is 0. The van der Waals surface area contributed by atoms with Crippen molar-refractivity contribution in [1.82, 2.24) is 0 Å². The Balaban J connectivity index is 1.54. The van der Waals surface area contributed by atoms with Crippen LogP contribution in [0.5, 0.6) is 0 Å². The molecule has 0 amide bonds. The Labute approximate surface area is 325 Å². The van der Waals surface area contributed by atoms with Crippen LogP contribution in [0.2, 0.25) is 0 Å². The monoisotopic (exact) mass is 780 g/mol. The zero-order valence-electron chi connectivity index (χ0n) is 32.0. The molecule has 15 nitrogen and oxygen atoms in total. The van der Waals surface area contributed by atoms with Gasteiger partial charge in [0.2, 0.25) is 0 Å². The Morgan fingerprint density at radius 2 is 0.661 bits per heavy atom. The van der Waals surface area contributed by atoms with Crippen LogP contribution in [0.25, 0.3) is 0 Å². The standard InChI is InChI=1S/C41H48O15/c1-5-8-11-29-14-20-32(21-15-29)35(42)51-54-38(45)48-26-41(4,27-49-39(46)55-52-36(43)33-22-16-30(17-23-33)12-9-6-2)28-50-40(47)56-53-37(44)34-24-18-31(19-25-34)13-10-7-3/h14-25H,5-13,26-28H2,1-4H3. The molecule has 0 unspecified atom stereocenters. The van der Waals surface area contributed by atoms with Gasteiger partial charge in [-0.3, -0.25) is 0 Å². The van der Waals surface area contributed by atoms with Gasteiger partial charge in [0.1, 0.15) is 19.8 Å². The molecule has 0 saturated heterocycles. The number of aryl methyl sites for hydroxylation is 3. The molecule has 0 aliphatic heterocycles. The van der Waals surface area contributed by atoms with Crippen LogP contribution >= 0.6 is 0 Å². The summed E-state index contributed by atoms with van der Waals surface area (Å²) in [6.07, 6.45) is 4.14. The van der Waals surface area contributed by atoms with Crippen LogP contribution in [0.1, 0.15) is 114 Å². The molecule has 0 aliphatic rings. The van der Waals surface area contributed by atoms with Gasteiger partial charge in [-0.05, 0) is 98.5 Å². The molecule has 3 aromatic rings. The van der Waals surface area contributed by atoms with Gasteiger partial charge >= 0.3 is 36.4 Å². The number of hydrogen-bond donors (Lipinski definition) is 0. The minimum atomic E-state index is -1.55. The van der Waals surface area contributed by atoms with E-state index < -0.39 is 61.6 Å². The number of carbonyl (C=O) groups excluding carboxylic acids is 6. The van der Waals surface area contributed by atoms with Crippen molar-refractivity contribution in [2.24, 2.45) is 5.41 Å². The van der Waals surface area contributed by atoms with Gasteiger partial charge in [0, 0.05) is 0 Å². The van der Waals surface area contributed by atoms with Crippen LogP contribution in [0.4, 0.5) is 14.4 Å². The molecule has 15 heteroatoms. The van der Waals surface area contributed by atoms with E-state index in [2.05, 4.69) is 50.1 Å². The molecule has 0 bridgehead atoms. The average molecular weight is 781 g/mol. The van der Waals surface area contributed by atoms with Crippen molar-refractivity contribution in [3.8, 4) is 0 Å². The molecular formula is C41H48O15. The first-order chi connectivity index (χ1) is 26.9. The number of benzene rings is 3. The maximum atomic E-state index is 12.4. The molecule has 0 saturated carbocycles. The van der Waals surface area contributed by atoms with Gasteiger partial charge in [0.25, 0.3) is 0 Å². The van der Waals surface area contributed by atoms with Gasteiger partial charge in [-0.25, -0.2) is 43.7 Å². The SMILES string of the molecule is CCCCc1ccc(C(=O)OOC(=O)OCC(C)(COC(=O)OOC(=O)c2ccc(CCCC)cc2)COC(=O)OOC(=O)c2ccc(CCCC)cc2)cc1. The van der Waals surface area contributed by atoms with Gasteiger partial charge in [-0.2, -0.15) is 14.4 Å². The first-order valence-corrected chi connectivity index (χ1v) is 18.4. The number of unbranched alkanes of at least 4 members (excludes halogenated alkanes) is 3. The van der Waals surface area contributed by atoms with Crippen molar-refractivity contribution in [2.75, 3.05) is 19.8 Å². The second-order valence-electron chi connectivity index (χ2n) is 13.2. The Hall–Kier alpha value is -6.12. The largest absolute Gasteiger partial charge is 0.549 e. The molecule has 3 rings (SSSR count). The van der Waals surface area contributed by atoms with Crippen LogP contribution in [0.3, 0.4) is 0 Å². The molecular weight excluding hydrogens is 732 g/mol. The first kappa shape index (κ1) is 44.3.